The monoisotopic (exact) mass is 549 g/mol. The van der Waals surface area contributed by atoms with Crippen LogP contribution in [0.4, 0.5) is 14.5 Å². The number of fused-ring (bicyclic) bond motifs is 1. The number of nitriles is 1. The molecule has 0 aliphatic carbocycles. The van der Waals surface area contributed by atoms with Crippen molar-refractivity contribution in [3.8, 4) is 6.07 Å². The number of hydrogen-bond donors (Lipinski definition) is 2. The normalized spacial score (nSPS) is 10.8. The molecule has 5 aromatic rings. The van der Waals surface area contributed by atoms with E-state index in [-0.39, 0.29) is 18.7 Å². The van der Waals surface area contributed by atoms with E-state index >= 15 is 0 Å². The van der Waals surface area contributed by atoms with E-state index in [0.717, 1.165) is 29.5 Å². The molecule has 0 radical (unpaired) electrons. The molecular formula is C32H25F2N5O2. The van der Waals surface area contributed by atoms with Gasteiger partial charge in [0.1, 0.15) is 11.6 Å². The Morgan fingerprint density at radius 1 is 0.927 bits per heavy atom. The third kappa shape index (κ3) is 6.28. The summed E-state index contributed by atoms with van der Waals surface area (Å²) in [5.41, 5.74) is 3.47. The number of anilines is 1. The van der Waals surface area contributed by atoms with Gasteiger partial charge in [0, 0.05) is 30.9 Å². The molecule has 0 bridgehead atoms. The van der Waals surface area contributed by atoms with E-state index < -0.39 is 23.1 Å². The van der Waals surface area contributed by atoms with E-state index in [4.69, 9.17) is 0 Å². The second kappa shape index (κ2) is 12.2. The average Bonchev–Trinajstić information content (AvgIpc) is 2.99. The van der Waals surface area contributed by atoms with Gasteiger partial charge in [0.05, 0.1) is 23.3 Å². The number of benzene rings is 3. The van der Waals surface area contributed by atoms with E-state index in [1.54, 1.807) is 6.07 Å². The lowest BCUT2D eigenvalue weighted by Crippen LogP contribution is -2.32. The molecule has 0 fully saturated rings. The molecule has 41 heavy (non-hydrogen) atoms. The number of carbonyl (C=O) groups excluding carboxylic acids is 1. The summed E-state index contributed by atoms with van der Waals surface area (Å²) in [6.07, 6.45) is 3.79. The molecule has 0 aliphatic heterocycles. The fourth-order valence-corrected chi connectivity index (χ4v) is 4.55. The lowest BCUT2D eigenvalue weighted by atomic mass is 10.1. The first-order valence-electron chi connectivity index (χ1n) is 12.9. The van der Waals surface area contributed by atoms with Gasteiger partial charge in [-0.05, 0) is 59.5 Å². The maximum Gasteiger partial charge on any atom is 0.263 e. The first-order valence-corrected chi connectivity index (χ1v) is 12.9. The van der Waals surface area contributed by atoms with Crippen LogP contribution in [0.3, 0.4) is 0 Å². The Morgan fingerprint density at radius 3 is 2.51 bits per heavy atom. The number of hydrogen-bond acceptors (Lipinski definition) is 5. The van der Waals surface area contributed by atoms with Crippen LogP contribution in [0.2, 0.25) is 0 Å². The Labute approximate surface area is 234 Å². The van der Waals surface area contributed by atoms with Crippen molar-refractivity contribution in [1.29, 1.82) is 5.26 Å². The van der Waals surface area contributed by atoms with Crippen molar-refractivity contribution in [2.45, 2.75) is 19.5 Å². The first kappa shape index (κ1) is 27.2. The number of halogens is 2. The van der Waals surface area contributed by atoms with Crippen molar-refractivity contribution < 1.29 is 13.6 Å². The molecule has 0 saturated heterocycles. The average molecular weight is 550 g/mol. The van der Waals surface area contributed by atoms with Crippen LogP contribution >= 0.6 is 0 Å². The zero-order valence-electron chi connectivity index (χ0n) is 21.9. The molecule has 5 rings (SSSR count). The summed E-state index contributed by atoms with van der Waals surface area (Å²) in [5.74, 6) is -2.55. The minimum absolute atomic E-state index is 0.0178. The van der Waals surface area contributed by atoms with Crippen molar-refractivity contribution in [3.05, 3.63) is 141 Å². The van der Waals surface area contributed by atoms with Gasteiger partial charge in [0.2, 0.25) is 0 Å². The van der Waals surface area contributed by atoms with Gasteiger partial charge in [0.15, 0.2) is 11.6 Å². The highest BCUT2D eigenvalue weighted by molar-refractivity contribution is 5.95. The topological polar surface area (TPSA) is 99.8 Å². The summed E-state index contributed by atoms with van der Waals surface area (Å²) in [5, 5.41) is 16.6. The van der Waals surface area contributed by atoms with Gasteiger partial charge in [-0.2, -0.15) is 5.26 Å². The molecule has 0 spiro atoms. The summed E-state index contributed by atoms with van der Waals surface area (Å²) < 4.78 is 28.1. The van der Waals surface area contributed by atoms with Gasteiger partial charge >= 0.3 is 0 Å². The van der Waals surface area contributed by atoms with E-state index in [9.17, 15) is 23.6 Å². The molecular weight excluding hydrogens is 524 g/mol. The molecule has 204 valence electrons. The Morgan fingerprint density at radius 2 is 1.73 bits per heavy atom. The standard InChI is InChI=1S/C32H25F2N5O2/c33-27-10-8-23(16-28(27)34)20-39-14-4-7-25(32(39)41)31(40)38-18-22-9-11-29-26(15-22)30(24(17-35)19-37-29)36-13-12-21-5-2-1-3-6-21/h1-11,14-16,19H,12-13,18,20H2,(H,36,37)(H,38,40). The maximum atomic E-state index is 13.6. The molecule has 2 heterocycles. The van der Waals surface area contributed by atoms with Gasteiger partial charge in [-0.1, -0.05) is 42.5 Å². The summed E-state index contributed by atoms with van der Waals surface area (Å²) >= 11 is 0. The van der Waals surface area contributed by atoms with Crippen molar-refractivity contribution in [3.63, 3.8) is 0 Å². The van der Waals surface area contributed by atoms with Crippen molar-refractivity contribution >= 4 is 22.5 Å². The zero-order chi connectivity index (χ0) is 28.8. The molecule has 0 saturated carbocycles. The number of pyridine rings is 2. The van der Waals surface area contributed by atoms with Crippen LogP contribution in [0.15, 0.2) is 96.1 Å². The number of aromatic nitrogens is 2. The second-order valence-corrected chi connectivity index (χ2v) is 9.46. The largest absolute Gasteiger partial charge is 0.383 e. The number of rotatable bonds is 9. The third-order valence-corrected chi connectivity index (χ3v) is 6.67. The van der Waals surface area contributed by atoms with E-state index in [1.165, 1.54) is 34.7 Å². The summed E-state index contributed by atoms with van der Waals surface area (Å²) in [4.78, 5) is 30.3. The van der Waals surface area contributed by atoms with Crippen LogP contribution in [0, 0.1) is 23.0 Å². The van der Waals surface area contributed by atoms with Crippen molar-refractivity contribution in [1.82, 2.24) is 14.9 Å². The molecule has 1 amide bonds. The molecule has 2 aromatic heterocycles. The molecule has 9 heteroatoms. The number of amides is 1. The van der Waals surface area contributed by atoms with Crippen molar-refractivity contribution in [2.75, 3.05) is 11.9 Å². The highest BCUT2D eigenvalue weighted by Crippen LogP contribution is 2.27. The molecule has 7 nitrogen and oxygen atoms in total. The van der Waals surface area contributed by atoms with E-state index in [1.807, 2.05) is 48.5 Å². The predicted octanol–water partition coefficient (Wildman–Crippen LogP) is 5.18. The molecule has 0 atom stereocenters. The van der Waals surface area contributed by atoms with Gasteiger partial charge in [-0.15, -0.1) is 0 Å². The maximum absolute atomic E-state index is 13.6. The van der Waals surface area contributed by atoms with Crippen LogP contribution in [0.5, 0.6) is 0 Å². The van der Waals surface area contributed by atoms with Gasteiger partial charge < -0.3 is 15.2 Å². The second-order valence-electron chi connectivity index (χ2n) is 9.46. The molecule has 3 aromatic carbocycles. The highest BCUT2D eigenvalue weighted by Gasteiger charge is 2.14. The minimum atomic E-state index is -1.01. The van der Waals surface area contributed by atoms with E-state index in [0.29, 0.717) is 28.9 Å². The van der Waals surface area contributed by atoms with Gasteiger partial charge in [-0.3, -0.25) is 14.6 Å². The minimum Gasteiger partial charge on any atom is -0.383 e. The fourth-order valence-electron chi connectivity index (χ4n) is 4.55. The SMILES string of the molecule is N#Cc1cnc2ccc(CNC(=O)c3cccn(Cc4ccc(F)c(F)c4)c3=O)cc2c1NCCc1ccccc1. The predicted molar refractivity (Wildman–Crippen MR) is 152 cm³/mol. The Kier molecular flexibility index (Phi) is 8.11. The van der Waals surface area contributed by atoms with Crippen LogP contribution in [-0.2, 0) is 19.5 Å². The quantitative estimate of drug-likeness (QED) is 0.264. The van der Waals surface area contributed by atoms with Crippen LogP contribution in [0.25, 0.3) is 10.9 Å². The third-order valence-electron chi connectivity index (χ3n) is 6.67. The Balaban J connectivity index is 1.31. The number of carbonyl (C=O) groups is 1. The summed E-state index contributed by atoms with van der Waals surface area (Å²) in [6, 6.07) is 24.1. The fraction of sp³-hybridized carbons (Fsp3) is 0.125. The molecule has 2 N–H and O–H groups in total. The highest BCUT2D eigenvalue weighted by atomic mass is 19.2. The number of nitrogens with one attached hydrogen (secondary N) is 2. The van der Waals surface area contributed by atoms with Gasteiger partial charge in [-0.25, -0.2) is 8.78 Å². The van der Waals surface area contributed by atoms with Crippen LogP contribution in [0.1, 0.15) is 32.6 Å². The van der Waals surface area contributed by atoms with Gasteiger partial charge in [0.25, 0.3) is 11.5 Å². The molecule has 0 aliphatic rings. The first-order chi connectivity index (χ1) is 19.9. The van der Waals surface area contributed by atoms with Crippen LogP contribution < -0.4 is 16.2 Å². The van der Waals surface area contributed by atoms with Crippen LogP contribution in [-0.4, -0.2) is 22.0 Å². The summed E-state index contributed by atoms with van der Waals surface area (Å²) in [6.45, 7) is 0.728. The summed E-state index contributed by atoms with van der Waals surface area (Å²) in [7, 11) is 0. The lowest BCUT2D eigenvalue weighted by Gasteiger charge is -2.13. The zero-order valence-corrected chi connectivity index (χ0v) is 21.9. The Hall–Kier alpha value is -5.36. The lowest BCUT2D eigenvalue weighted by molar-refractivity contribution is 0.0949. The van der Waals surface area contributed by atoms with Crippen molar-refractivity contribution in [2.24, 2.45) is 0 Å². The smallest absolute Gasteiger partial charge is 0.263 e. The number of nitrogens with zero attached hydrogens (tertiary/aromatic N) is 3. The van der Waals surface area contributed by atoms with E-state index in [2.05, 4.69) is 21.7 Å². The molecule has 0 unspecified atom stereocenters. The Bertz CT molecular complexity index is 1830.